The topological polar surface area (TPSA) is 21.3 Å². The fourth-order valence-corrected chi connectivity index (χ4v) is 2.36. The third kappa shape index (κ3) is 2.67. The van der Waals surface area contributed by atoms with Crippen LogP contribution in [0.25, 0.3) is 0 Å². The van der Waals surface area contributed by atoms with Gasteiger partial charge in [-0.25, -0.2) is 13.2 Å². The van der Waals surface area contributed by atoms with Crippen molar-refractivity contribution in [2.75, 3.05) is 13.2 Å². The van der Waals surface area contributed by atoms with Gasteiger partial charge in [0.15, 0.2) is 0 Å². The van der Waals surface area contributed by atoms with Crippen molar-refractivity contribution in [3.63, 3.8) is 0 Å². The maximum absolute atomic E-state index is 13.8. The van der Waals surface area contributed by atoms with Crippen LogP contribution < -0.4 is 5.32 Å². The van der Waals surface area contributed by atoms with E-state index in [9.17, 15) is 13.2 Å². The van der Waals surface area contributed by atoms with Crippen molar-refractivity contribution in [2.24, 2.45) is 0 Å². The number of benzene rings is 1. The molecule has 1 aromatic rings. The van der Waals surface area contributed by atoms with E-state index in [4.69, 9.17) is 4.74 Å². The third-order valence-electron chi connectivity index (χ3n) is 3.12. The van der Waals surface area contributed by atoms with Crippen molar-refractivity contribution in [1.29, 1.82) is 0 Å². The second-order valence-corrected chi connectivity index (χ2v) is 4.37. The highest BCUT2D eigenvalue weighted by molar-refractivity contribution is 5.25. The molecule has 1 aromatic carbocycles. The average molecular weight is 259 g/mol. The first-order valence-corrected chi connectivity index (χ1v) is 6.13. The molecule has 0 amide bonds. The van der Waals surface area contributed by atoms with Gasteiger partial charge in [-0.15, -0.1) is 0 Å². The molecule has 0 bridgehead atoms. The molecule has 0 aromatic heterocycles. The van der Waals surface area contributed by atoms with Crippen LogP contribution in [0.1, 0.15) is 31.4 Å². The zero-order valence-corrected chi connectivity index (χ0v) is 10.2. The van der Waals surface area contributed by atoms with Gasteiger partial charge in [0.05, 0.1) is 12.1 Å². The normalized spacial score (nSPS) is 21.2. The molecule has 0 radical (unpaired) electrons. The first-order chi connectivity index (χ1) is 8.63. The maximum atomic E-state index is 13.8. The molecular formula is C13H16F3NO. The molecule has 0 spiro atoms. The van der Waals surface area contributed by atoms with Gasteiger partial charge >= 0.3 is 0 Å². The van der Waals surface area contributed by atoms with Gasteiger partial charge in [0, 0.05) is 24.3 Å². The molecule has 1 heterocycles. The Morgan fingerprint density at radius 3 is 2.50 bits per heavy atom. The van der Waals surface area contributed by atoms with E-state index < -0.39 is 23.5 Å². The molecule has 0 aliphatic carbocycles. The molecule has 100 valence electrons. The highest BCUT2D eigenvalue weighted by Gasteiger charge is 2.31. The minimum Gasteiger partial charge on any atom is -0.376 e. The zero-order valence-electron chi connectivity index (χ0n) is 10.2. The lowest BCUT2D eigenvalue weighted by Gasteiger charge is -2.25. The van der Waals surface area contributed by atoms with Crippen LogP contribution in [0.15, 0.2) is 12.1 Å². The van der Waals surface area contributed by atoms with E-state index in [0.717, 1.165) is 12.8 Å². The van der Waals surface area contributed by atoms with E-state index in [1.807, 2.05) is 6.92 Å². The van der Waals surface area contributed by atoms with Crippen molar-refractivity contribution in [2.45, 2.75) is 31.9 Å². The predicted octanol–water partition coefficient (Wildman–Crippen LogP) is 2.93. The number of rotatable bonds is 4. The molecule has 0 saturated carbocycles. The van der Waals surface area contributed by atoms with Crippen molar-refractivity contribution in [3.05, 3.63) is 35.1 Å². The van der Waals surface area contributed by atoms with Crippen LogP contribution in [0.5, 0.6) is 0 Å². The van der Waals surface area contributed by atoms with Gasteiger partial charge in [-0.1, -0.05) is 6.92 Å². The molecule has 2 unspecified atom stereocenters. The van der Waals surface area contributed by atoms with Gasteiger partial charge in [0.2, 0.25) is 0 Å². The van der Waals surface area contributed by atoms with Gasteiger partial charge < -0.3 is 10.1 Å². The third-order valence-corrected chi connectivity index (χ3v) is 3.12. The summed E-state index contributed by atoms with van der Waals surface area (Å²) in [5.74, 6) is -2.64. The smallest absolute Gasteiger partial charge is 0.133 e. The lowest BCUT2D eigenvalue weighted by molar-refractivity contribution is 0.0763. The highest BCUT2D eigenvalue weighted by atomic mass is 19.1. The van der Waals surface area contributed by atoms with Crippen molar-refractivity contribution in [1.82, 2.24) is 5.32 Å². The lowest BCUT2D eigenvalue weighted by Crippen LogP contribution is -2.33. The number of nitrogens with one attached hydrogen (secondary N) is 1. The second kappa shape index (κ2) is 5.71. The van der Waals surface area contributed by atoms with E-state index >= 15 is 0 Å². The van der Waals surface area contributed by atoms with Crippen LogP contribution in [-0.2, 0) is 4.74 Å². The Bertz CT molecular complexity index is 396. The monoisotopic (exact) mass is 259 g/mol. The van der Waals surface area contributed by atoms with Gasteiger partial charge in [-0.3, -0.25) is 0 Å². The number of ether oxygens (including phenoxy) is 1. The van der Waals surface area contributed by atoms with Crippen LogP contribution in [-0.4, -0.2) is 19.3 Å². The van der Waals surface area contributed by atoms with E-state index in [0.29, 0.717) is 25.3 Å². The largest absolute Gasteiger partial charge is 0.376 e. The molecule has 1 fully saturated rings. The summed E-state index contributed by atoms with van der Waals surface area (Å²) >= 11 is 0. The zero-order chi connectivity index (χ0) is 13.1. The quantitative estimate of drug-likeness (QED) is 0.897. The number of likely N-dealkylation sites (N-methyl/N-ethyl adjacent to an activating group) is 1. The summed E-state index contributed by atoms with van der Waals surface area (Å²) in [7, 11) is 0. The van der Waals surface area contributed by atoms with Gasteiger partial charge in [-0.2, -0.15) is 0 Å². The summed E-state index contributed by atoms with van der Waals surface area (Å²) in [4.78, 5) is 0. The van der Waals surface area contributed by atoms with Crippen LogP contribution in [0.3, 0.4) is 0 Å². The minimum absolute atomic E-state index is 0.134. The first-order valence-electron chi connectivity index (χ1n) is 6.13. The Hall–Kier alpha value is -1.07. The number of hydrogen-bond donors (Lipinski definition) is 1. The first kappa shape index (κ1) is 13.4. The number of hydrogen-bond acceptors (Lipinski definition) is 2. The minimum atomic E-state index is -0.906. The van der Waals surface area contributed by atoms with Gasteiger partial charge in [0.25, 0.3) is 0 Å². The molecule has 2 nitrogen and oxygen atoms in total. The fraction of sp³-hybridized carbons (Fsp3) is 0.538. The van der Waals surface area contributed by atoms with E-state index in [1.54, 1.807) is 0 Å². The Morgan fingerprint density at radius 1 is 1.33 bits per heavy atom. The van der Waals surface area contributed by atoms with E-state index in [-0.39, 0.29) is 11.7 Å². The molecule has 18 heavy (non-hydrogen) atoms. The highest BCUT2D eigenvalue weighted by Crippen LogP contribution is 2.30. The predicted molar refractivity (Wildman–Crippen MR) is 61.7 cm³/mol. The maximum Gasteiger partial charge on any atom is 0.133 e. The summed E-state index contributed by atoms with van der Waals surface area (Å²) < 4.78 is 45.9. The Kier molecular flexibility index (Phi) is 4.24. The Labute approximate surface area is 104 Å². The van der Waals surface area contributed by atoms with Crippen LogP contribution in [0.4, 0.5) is 13.2 Å². The molecule has 1 saturated heterocycles. The lowest BCUT2D eigenvalue weighted by atomic mass is 9.98. The van der Waals surface area contributed by atoms with Gasteiger partial charge in [-0.05, 0) is 19.4 Å². The second-order valence-electron chi connectivity index (χ2n) is 4.37. The molecule has 2 atom stereocenters. The van der Waals surface area contributed by atoms with Crippen LogP contribution >= 0.6 is 0 Å². The Morgan fingerprint density at radius 2 is 2.00 bits per heavy atom. The van der Waals surface area contributed by atoms with E-state index in [1.165, 1.54) is 0 Å². The van der Waals surface area contributed by atoms with E-state index in [2.05, 4.69) is 5.32 Å². The summed E-state index contributed by atoms with van der Waals surface area (Å²) in [5, 5.41) is 3.01. The van der Waals surface area contributed by atoms with Crippen molar-refractivity contribution < 1.29 is 17.9 Å². The summed E-state index contributed by atoms with van der Waals surface area (Å²) in [6.07, 6.45) is 1.35. The van der Waals surface area contributed by atoms with Crippen molar-refractivity contribution >= 4 is 0 Å². The molecule has 1 aliphatic heterocycles. The van der Waals surface area contributed by atoms with Gasteiger partial charge in [0.1, 0.15) is 17.5 Å². The Balaban J connectivity index is 2.35. The average Bonchev–Trinajstić information content (AvgIpc) is 2.79. The summed E-state index contributed by atoms with van der Waals surface area (Å²) in [6, 6.07) is 0.841. The molecular weight excluding hydrogens is 243 g/mol. The molecule has 2 rings (SSSR count). The molecule has 1 N–H and O–H groups in total. The summed E-state index contributed by atoms with van der Waals surface area (Å²) in [6.45, 7) is 3.00. The van der Waals surface area contributed by atoms with Crippen LogP contribution in [0, 0.1) is 17.5 Å². The molecule has 1 aliphatic rings. The fourth-order valence-electron chi connectivity index (χ4n) is 2.36. The summed E-state index contributed by atoms with van der Waals surface area (Å²) in [5.41, 5.74) is -0.134. The standard InChI is InChI=1S/C13H16F3NO/c1-2-17-13(11-4-3-5-18-11)12-9(15)6-8(14)7-10(12)16/h6-7,11,13,17H,2-5H2,1H3. The molecule has 5 heteroatoms. The number of halogens is 3. The van der Waals surface area contributed by atoms with Crippen molar-refractivity contribution in [3.8, 4) is 0 Å². The van der Waals surface area contributed by atoms with Crippen LogP contribution in [0.2, 0.25) is 0 Å². The SMILES string of the molecule is CCNC(c1c(F)cc(F)cc1F)C1CCCO1.